The number of hydrogen-bond donors (Lipinski definition) is 2. The first-order valence-electron chi connectivity index (χ1n) is 9.43. The number of piperidine rings is 2. The second-order valence-electron chi connectivity index (χ2n) is 7.43. The van der Waals surface area contributed by atoms with E-state index >= 15 is 0 Å². The number of nitrogens with zero attached hydrogens (tertiary/aromatic N) is 3. The summed E-state index contributed by atoms with van der Waals surface area (Å²) in [6.07, 6.45) is 6.14. The molecule has 2 N–H and O–H groups in total. The highest BCUT2D eigenvalue weighted by Crippen LogP contribution is 2.22. The number of likely N-dealkylation sites (tertiary alicyclic amines) is 1. The topological polar surface area (TPSA) is 64.3 Å². The number of aromatic nitrogens is 2. The van der Waals surface area contributed by atoms with Gasteiger partial charge in [0.25, 0.3) is 5.56 Å². The molecule has 1 unspecified atom stereocenters. The summed E-state index contributed by atoms with van der Waals surface area (Å²) in [5.74, 6) is 0.899. The van der Waals surface area contributed by atoms with Crippen LogP contribution in [0.25, 0.3) is 0 Å². The summed E-state index contributed by atoms with van der Waals surface area (Å²) in [6, 6.07) is 5.18. The molecule has 0 aliphatic carbocycles. The van der Waals surface area contributed by atoms with Gasteiger partial charge in [0.2, 0.25) is 0 Å². The van der Waals surface area contributed by atoms with Crippen LogP contribution in [0.2, 0.25) is 0 Å². The van der Waals surface area contributed by atoms with Crippen molar-refractivity contribution in [3.8, 4) is 0 Å². The van der Waals surface area contributed by atoms with Gasteiger partial charge in [-0.3, -0.25) is 4.79 Å². The molecule has 0 radical (unpaired) electrons. The van der Waals surface area contributed by atoms with Crippen molar-refractivity contribution in [2.45, 2.75) is 64.1 Å². The molecule has 0 spiro atoms. The summed E-state index contributed by atoms with van der Waals surface area (Å²) < 4.78 is 0. The van der Waals surface area contributed by atoms with E-state index in [0.717, 1.165) is 18.9 Å². The monoisotopic (exact) mass is 333 g/mol. The molecule has 1 aromatic heterocycles. The second-order valence-corrected chi connectivity index (χ2v) is 7.43. The average Bonchev–Trinajstić information content (AvgIpc) is 2.61. The maximum absolute atomic E-state index is 11.2. The molecule has 2 saturated heterocycles. The minimum Gasteiger partial charge on any atom is -0.351 e. The van der Waals surface area contributed by atoms with Gasteiger partial charge >= 0.3 is 0 Å². The van der Waals surface area contributed by atoms with Crippen molar-refractivity contribution in [1.29, 1.82) is 0 Å². The normalized spacial score (nSPS) is 23.8. The van der Waals surface area contributed by atoms with E-state index in [2.05, 4.69) is 39.2 Å². The molecule has 1 atom stereocenters. The van der Waals surface area contributed by atoms with Crippen LogP contribution in [0.15, 0.2) is 16.9 Å². The summed E-state index contributed by atoms with van der Waals surface area (Å²) >= 11 is 0. The van der Waals surface area contributed by atoms with Crippen LogP contribution in [0.4, 0.5) is 5.82 Å². The van der Waals surface area contributed by atoms with Crippen molar-refractivity contribution in [2.24, 2.45) is 0 Å². The standard InChI is InChI=1S/C18H31N5O/c1-14(2)22-11-8-15(9-12-22)19-13-16-5-3-4-10-23(16)17-6-7-18(24)21-20-17/h6-7,14-16,19H,3-5,8-13H2,1-2H3,(H,21,24). The Morgan fingerprint density at radius 2 is 2.00 bits per heavy atom. The van der Waals surface area contributed by atoms with Crippen molar-refractivity contribution in [1.82, 2.24) is 20.4 Å². The average molecular weight is 333 g/mol. The largest absolute Gasteiger partial charge is 0.351 e. The van der Waals surface area contributed by atoms with Gasteiger partial charge in [-0.1, -0.05) is 0 Å². The van der Waals surface area contributed by atoms with Crippen LogP contribution in [0.1, 0.15) is 46.0 Å². The highest BCUT2D eigenvalue weighted by Gasteiger charge is 2.26. The Hall–Kier alpha value is -1.40. The van der Waals surface area contributed by atoms with Crippen molar-refractivity contribution in [3.05, 3.63) is 22.5 Å². The molecule has 24 heavy (non-hydrogen) atoms. The van der Waals surface area contributed by atoms with Gasteiger partial charge in [0.1, 0.15) is 5.82 Å². The second kappa shape index (κ2) is 8.12. The molecule has 134 valence electrons. The van der Waals surface area contributed by atoms with Gasteiger partial charge in [-0.05, 0) is 65.1 Å². The number of nitrogens with one attached hydrogen (secondary N) is 2. The van der Waals surface area contributed by atoms with Crippen LogP contribution in [-0.2, 0) is 0 Å². The Kier molecular flexibility index (Phi) is 5.89. The number of aromatic amines is 1. The summed E-state index contributed by atoms with van der Waals surface area (Å²) in [7, 11) is 0. The zero-order valence-corrected chi connectivity index (χ0v) is 15.0. The van der Waals surface area contributed by atoms with E-state index in [9.17, 15) is 4.79 Å². The Morgan fingerprint density at radius 3 is 2.67 bits per heavy atom. The molecule has 2 aliphatic heterocycles. The molecule has 0 bridgehead atoms. The van der Waals surface area contributed by atoms with Crippen molar-refractivity contribution in [3.63, 3.8) is 0 Å². The van der Waals surface area contributed by atoms with E-state index in [-0.39, 0.29) is 5.56 Å². The van der Waals surface area contributed by atoms with Crippen molar-refractivity contribution >= 4 is 5.82 Å². The predicted octanol–water partition coefficient (Wildman–Crippen LogP) is 1.59. The lowest BCUT2D eigenvalue weighted by molar-refractivity contribution is 0.160. The van der Waals surface area contributed by atoms with Gasteiger partial charge in [0, 0.05) is 37.3 Å². The first-order valence-corrected chi connectivity index (χ1v) is 9.43. The van der Waals surface area contributed by atoms with Gasteiger partial charge in [-0.25, -0.2) is 5.10 Å². The number of H-pyrrole nitrogens is 1. The van der Waals surface area contributed by atoms with Crippen LogP contribution in [0.3, 0.4) is 0 Å². The van der Waals surface area contributed by atoms with E-state index in [1.54, 1.807) is 6.07 Å². The van der Waals surface area contributed by atoms with Crippen LogP contribution in [-0.4, -0.2) is 59.4 Å². The molecule has 1 aromatic rings. The fourth-order valence-corrected chi connectivity index (χ4v) is 3.93. The minimum atomic E-state index is -0.137. The zero-order valence-electron chi connectivity index (χ0n) is 15.0. The van der Waals surface area contributed by atoms with Gasteiger partial charge < -0.3 is 15.1 Å². The molecule has 6 heteroatoms. The van der Waals surface area contributed by atoms with Gasteiger partial charge in [-0.15, -0.1) is 0 Å². The molecular weight excluding hydrogens is 302 g/mol. The first kappa shape index (κ1) is 17.4. The highest BCUT2D eigenvalue weighted by molar-refractivity contribution is 5.38. The van der Waals surface area contributed by atoms with E-state index < -0.39 is 0 Å². The fraction of sp³-hybridized carbons (Fsp3) is 0.778. The van der Waals surface area contributed by atoms with Crippen LogP contribution < -0.4 is 15.8 Å². The number of rotatable bonds is 5. The first-order chi connectivity index (χ1) is 11.6. The van der Waals surface area contributed by atoms with Crippen molar-refractivity contribution < 1.29 is 0 Å². The number of anilines is 1. The fourth-order valence-electron chi connectivity index (χ4n) is 3.93. The summed E-state index contributed by atoms with van der Waals surface area (Å²) in [6.45, 7) is 9.00. The third-order valence-electron chi connectivity index (χ3n) is 5.49. The van der Waals surface area contributed by atoms with Gasteiger partial charge in [-0.2, -0.15) is 5.10 Å². The molecule has 3 heterocycles. The Morgan fingerprint density at radius 1 is 1.21 bits per heavy atom. The molecule has 2 aliphatic rings. The van der Waals surface area contributed by atoms with E-state index in [4.69, 9.17) is 0 Å². The lowest BCUT2D eigenvalue weighted by Gasteiger charge is -2.39. The van der Waals surface area contributed by atoms with Gasteiger partial charge in [0.05, 0.1) is 0 Å². The Bertz CT molecular complexity index is 544. The zero-order chi connectivity index (χ0) is 16.9. The van der Waals surface area contributed by atoms with E-state index in [0.29, 0.717) is 18.1 Å². The molecule has 0 aromatic carbocycles. The van der Waals surface area contributed by atoms with Crippen LogP contribution >= 0.6 is 0 Å². The summed E-state index contributed by atoms with van der Waals surface area (Å²) in [5, 5.41) is 10.6. The molecule has 3 rings (SSSR count). The SMILES string of the molecule is CC(C)N1CCC(NCC2CCCCN2c2ccc(=O)[nH]n2)CC1. The smallest absolute Gasteiger partial charge is 0.264 e. The third kappa shape index (κ3) is 4.36. The van der Waals surface area contributed by atoms with Crippen LogP contribution in [0.5, 0.6) is 0 Å². The minimum absolute atomic E-state index is 0.137. The maximum Gasteiger partial charge on any atom is 0.264 e. The predicted molar refractivity (Wildman–Crippen MR) is 97.6 cm³/mol. The van der Waals surface area contributed by atoms with Crippen molar-refractivity contribution in [2.75, 3.05) is 31.1 Å². The number of hydrogen-bond acceptors (Lipinski definition) is 5. The third-order valence-corrected chi connectivity index (χ3v) is 5.49. The molecule has 0 saturated carbocycles. The molecule has 6 nitrogen and oxygen atoms in total. The van der Waals surface area contributed by atoms with Gasteiger partial charge in [0.15, 0.2) is 0 Å². The summed E-state index contributed by atoms with van der Waals surface area (Å²) in [5.41, 5.74) is -0.137. The van der Waals surface area contributed by atoms with E-state index in [1.165, 1.54) is 45.2 Å². The summed E-state index contributed by atoms with van der Waals surface area (Å²) in [4.78, 5) is 16.2. The highest BCUT2D eigenvalue weighted by atomic mass is 16.1. The molecule has 2 fully saturated rings. The van der Waals surface area contributed by atoms with E-state index in [1.807, 2.05) is 6.07 Å². The maximum atomic E-state index is 11.2. The molecular formula is C18H31N5O. The molecule has 0 amide bonds. The van der Waals surface area contributed by atoms with Crippen LogP contribution in [0, 0.1) is 0 Å². The lowest BCUT2D eigenvalue weighted by Crippen LogP contribution is -2.51. The Labute approximate surface area is 144 Å². The lowest BCUT2D eigenvalue weighted by atomic mass is 9.99. The quantitative estimate of drug-likeness (QED) is 0.857. The Balaban J connectivity index is 1.53.